The largest absolute Gasteiger partial charge is 0.496 e. The van der Waals surface area contributed by atoms with Gasteiger partial charge in [0.15, 0.2) is 0 Å². The van der Waals surface area contributed by atoms with Crippen molar-refractivity contribution in [3.05, 3.63) is 57.6 Å². The zero-order valence-corrected chi connectivity index (χ0v) is 19.1. The van der Waals surface area contributed by atoms with Gasteiger partial charge in [-0.1, -0.05) is 35.3 Å². The summed E-state index contributed by atoms with van der Waals surface area (Å²) in [6.07, 6.45) is 1.10. The van der Waals surface area contributed by atoms with Gasteiger partial charge in [0.25, 0.3) is 11.8 Å². The second-order valence-electron chi connectivity index (χ2n) is 6.75. The van der Waals surface area contributed by atoms with Crippen LogP contribution in [-0.2, 0) is 4.79 Å². The Balaban J connectivity index is 1.88. The maximum atomic E-state index is 12.5. The first kappa shape index (κ1) is 25.3. The Bertz CT molecular complexity index is 940. The van der Waals surface area contributed by atoms with Gasteiger partial charge in [0.2, 0.25) is 0 Å². The Hall–Kier alpha value is -2.97. The number of unbranched alkanes of at least 4 members (excludes halogenated alkanes) is 1. The molecule has 32 heavy (non-hydrogen) atoms. The number of aliphatic carboxylic acids is 1. The van der Waals surface area contributed by atoms with E-state index in [9.17, 15) is 19.5 Å². The first-order valence-corrected chi connectivity index (χ1v) is 10.5. The Morgan fingerprint density at radius 3 is 2.00 bits per heavy atom. The van der Waals surface area contributed by atoms with Gasteiger partial charge >= 0.3 is 5.97 Å². The third-order valence-electron chi connectivity index (χ3n) is 4.65. The lowest BCUT2D eigenvalue weighted by Crippen LogP contribution is -2.41. The van der Waals surface area contributed by atoms with Gasteiger partial charge in [-0.05, 0) is 43.5 Å². The van der Waals surface area contributed by atoms with E-state index in [1.54, 1.807) is 24.3 Å². The number of ether oxygens (including phenoxy) is 2. The summed E-state index contributed by atoms with van der Waals surface area (Å²) in [4.78, 5) is 36.5. The van der Waals surface area contributed by atoms with Gasteiger partial charge in [0, 0.05) is 6.54 Å². The van der Waals surface area contributed by atoms with Crippen molar-refractivity contribution in [3.63, 3.8) is 0 Å². The SMILES string of the molecule is COc1cccc(OC)c1C(=O)NCCCCC(NC(=O)c1c(Cl)cccc1Cl)C(=O)O. The molecule has 2 aromatic rings. The van der Waals surface area contributed by atoms with E-state index in [0.717, 1.165) is 0 Å². The molecule has 1 unspecified atom stereocenters. The molecule has 2 aromatic carbocycles. The summed E-state index contributed by atoms with van der Waals surface area (Å²) in [7, 11) is 2.92. The van der Waals surface area contributed by atoms with Crippen LogP contribution in [0, 0.1) is 0 Å². The first-order chi connectivity index (χ1) is 15.3. The minimum atomic E-state index is -1.18. The zero-order chi connectivity index (χ0) is 23.7. The molecule has 0 saturated heterocycles. The predicted octanol–water partition coefficient (Wildman–Crippen LogP) is 3.79. The lowest BCUT2D eigenvalue weighted by Gasteiger charge is -2.16. The number of amides is 2. The van der Waals surface area contributed by atoms with Crippen molar-refractivity contribution < 1.29 is 29.0 Å². The monoisotopic (exact) mass is 482 g/mol. The lowest BCUT2D eigenvalue weighted by molar-refractivity contribution is -0.139. The molecule has 0 radical (unpaired) electrons. The highest BCUT2D eigenvalue weighted by Gasteiger charge is 2.23. The summed E-state index contributed by atoms with van der Waals surface area (Å²) in [5, 5.41) is 14.9. The zero-order valence-electron chi connectivity index (χ0n) is 17.6. The van der Waals surface area contributed by atoms with Gasteiger partial charge in [-0.15, -0.1) is 0 Å². The molecule has 0 aromatic heterocycles. The van der Waals surface area contributed by atoms with Gasteiger partial charge in [0.1, 0.15) is 23.1 Å². The average Bonchev–Trinajstić information content (AvgIpc) is 2.76. The molecular formula is C22H24Cl2N2O6. The number of hydrogen-bond donors (Lipinski definition) is 3. The molecule has 8 nitrogen and oxygen atoms in total. The van der Waals surface area contributed by atoms with Crippen LogP contribution in [0.4, 0.5) is 0 Å². The molecule has 0 spiro atoms. The number of methoxy groups -OCH3 is 2. The number of carboxylic acid groups (broad SMARTS) is 1. The lowest BCUT2D eigenvalue weighted by atomic mass is 10.1. The van der Waals surface area contributed by atoms with E-state index >= 15 is 0 Å². The van der Waals surface area contributed by atoms with Crippen molar-refractivity contribution in [2.24, 2.45) is 0 Å². The van der Waals surface area contributed by atoms with Crippen LogP contribution in [-0.4, -0.2) is 49.7 Å². The minimum Gasteiger partial charge on any atom is -0.496 e. The van der Waals surface area contributed by atoms with Crippen LogP contribution in [0.5, 0.6) is 11.5 Å². The summed E-state index contributed by atoms with van der Waals surface area (Å²) in [6.45, 7) is 0.302. The normalized spacial score (nSPS) is 11.4. The smallest absolute Gasteiger partial charge is 0.326 e. The third-order valence-corrected chi connectivity index (χ3v) is 5.28. The molecule has 0 saturated carbocycles. The number of halogens is 2. The van der Waals surface area contributed by atoms with Crippen LogP contribution >= 0.6 is 23.2 Å². The van der Waals surface area contributed by atoms with Crippen LogP contribution in [0.25, 0.3) is 0 Å². The van der Waals surface area contributed by atoms with Crippen molar-refractivity contribution >= 4 is 41.0 Å². The van der Waals surface area contributed by atoms with Gasteiger partial charge in [-0.2, -0.15) is 0 Å². The average molecular weight is 483 g/mol. The number of carboxylic acids is 1. The maximum absolute atomic E-state index is 12.5. The summed E-state index contributed by atoms with van der Waals surface area (Å²) >= 11 is 12.0. The molecular weight excluding hydrogens is 459 g/mol. The second-order valence-corrected chi connectivity index (χ2v) is 7.56. The molecule has 172 valence electrons. The highest BCUT2D eigenvalue weighted by Crippen LogP contribution is 2.28. The van der Waals surface area contributed by atoms with E-state index < -0.39 is 17.9 Å². The molecule has 0 aliphatic carbocycles. The summed E-state index contributed by atoms with van der Waals surface area (Å²) in [5.74, 6) is -1.44. The molecule has 3 N–H and O–H groups in total. The van der Waals surface area contributed by atoms with Gasteiger partial charge in [-0.3, -0.25) is 9.59 Å². The van der Waals surface area contributed by atoms with Gasteiger partial charge in [0.05, 0.1) is 29.8 Å². The Labute approximate surface area is 195 Å². The van der Waals surface area contributed by atoms with E-state index in [0.29, 0.717) is 30.9 Å². The third kappa shape index (κ3) is 6.51. The highest BCUT2D eigenvalue weighted by molar-refractivity contribution is 6.39. The van der Waals surface area contributed by atoms with E-state index in [2.05, 4.69) is 10.6 Å². The number of carbonyl (C=O) groups excluding carboxylic acids is 2. The summed E-state index contributed by atoms with van der Waals surface area (Å²) < 4.78 is 10.4. The summed E-state index contributed by atoms with van der Waals surface area (Å²) in [6, 6.07) is 8.48. The fourth-order valence-corrected chi connectivity index (χ4v) is 3.61. The molecule has 0 aliphatic rings. The maximum Gasteiger partial charge on any atom is 0.326 e. The van der Waals surface area contributed by atoms with E-state index in [1.165, 1.54) is 26.4 Å². The van der Waals surface area contributed by atoms with E-state index in [4.69, 9.17) is 32.7 Å². The predicted molar refractivity (Wildman–Crippen MR) is 121 cm³/mol. The molecule has 0 heterocycles. The number of benzene rings is 2. The highest BCUT2D eigenvalue weighted by atomic mass is 35.5. The second kappa shape index (κ2) is 12.2. The fraction of sp³-hybridized carbons (Fsp3) is 0.318. The molecule has 0 bridgehead atoms. The van der Waals surface area contributed by atoms with Crippen LogP contribution in [0.2, 0.25) is 10.0 Å². The van der Waals surface area contributed by atoms with Crippen molar-refractivity contribution in [1.29, 1.82) is 0 Å². The molecule has 10 heteroatoms. The van der Waals surface area contributed by atoms with Crippen molar-refractivity contribution in [1.82, 2.24) is 10.6 Å². The summed E-state index contributed by atoms with van der Waals surface area (Å²) in [5.41, 5.74) is 0.310. The quantitative estimate of drug-likeness (QED) is 0.419. The molecule has 2 rings (SSSR count). The topological polar surface area (TPSA) is 114 Å². The minimum absolute atomic E-state index is 0.0279. The van der Waals surface area contributed by atoms with Gasteiger partial charge in [-0.25, -0.2) is 4.79 Å². The van der Waals surface area contributed by atoms with Crippen LogP contribution < -0.4 is 20.1 Å². The number of carbonyl (C=O) groups is 3. The number of nitrogens with one attached hydrogen (secondary N) is 2. The Morgan fingerprint density at radius 2 is 1.47 bits per heavy atom. The van der Waals surface area contributed by atoms with E-state index in [-0.39, 0.29) is 33.5 Å². The number of rotatable bonds is 11. The Morgan fingerprint density at radius 1 is 0.906 bits per heavy atom. The molecule has 1 atom stereocenters. The molecule has 0 aliphatic heterocycles. The van der Waals surface area contributed by atoms with Crippen molar-refractivity contribution in [3.8, 4) is 11.5 Å². The first-order valence-electron chi connectivity index (χ1n) is 9.77. The van der Waals surface area contributed by atoms with Crippen molar-refractivity contribution in [2.45, 2.75) is 25.3 Å². The molecule has 0 fully saturated rings. The van der Waals surface area contributed by atoms with Crippen LogP contribution in [0.15, 0.2) is 36.4 Å². The van der Waals surface area contributed by atoms with Gasteiger partial charge < -0.3 is 25.2 Å². The van der Waals surface area contributed by atoms with Crippen LogP contribution in [0.3, 0.4) is 0 Å². The van der Waals surface area contributed by atoms with E-state index in [1.807, 2.05) is 0 Å². The molecule has 2 amide bonds. The number of hydrogen-bond acceptors (Lipinski definition) is 5. The Kier molecular flexibility index (Phi) is 9.61. The fourth-order valence-electron chi connectivity index (χ4n) is 3.04. The van der Waals surface area contributed by atoms with Crippen molar-refractivity contribution in [2.75, 3.05) is 20.8 Å². The van der Waals surface area contributed by atoms with Crippen LogP contribution in [0.1, 0.15) is 40.0 Å². The standard InChI is InChI=1S/C22H24Cl2N2O6/c1-31-16-10-6-11-17(32-2)19(16)20(27)25-12-4-3-9-15(22(29)30)26-21(28)18-13(23)7-5-8-14(18)24/h5-8,10-11,15H,3-4,9,12H2,1-2H3,(H,25,27)(H,26,28)(H,29,30).